The summed E-state index contributed by atoms with van der Waals surface area (Å²) in [6.07, 6.45) is 5.77. The molecule has 0 aromatic carbocycles. The smallest absolute Gasteiger partial charge is 0.269 e. The van der Waals surface area contributed by atoms with E-state index in [-0.39, 0.29) is 11.8 Å². The van der Waals surface area contributed by atoms with Crippen LogP contribution in [0.3, 0.4) is 0 Å². The maximum absolute atomic E-state index is 12.0. The van der Waals surface area contributed by atoms with Gasteiger partial charge in [-0.05, 0) is 30.2 Å². The number of aromatic nitrogens is 5. The first-order valence-electron chi connectivity index (χ1n) is 10.5. The van der Waals surface area contributed by atoms with Crippen LogP contribution in [-0.2, 0) is 13.5 Å². The van der Waals surface area contributed by atoms with Crippen molar-refractivity contribution in [2.24, 2.45) is 12.8 Å². The maximum Gasteiger partial charge on any atom is 0.269 e. The first kappa shape index (κ1) is 21.5. The van der Waals surface area contributed by atoms with Crippen LogP contribution in [0.15, 0.2) is 30.6 Å². The lowest BCUT2D eigenvalue weighted by atomic mass is 10.0. The predicted octanol–water partition coefficient (Wildman–Crippen LogP) is 1.66. The highest BCUT2D eigenvalue weighted by atomic mass is 16.5. The number of primary amides is 1. The molecule has 1 aliphatic heterocycles. The first-order chi connectivity index (χ1) is 15.4. The Morgan fingerprint density at radius 3 is 2.59 bits per heavy atom. The lowest BCUT2D eigenvalue weighted by molar-refractivity contribution is 0.0993. The fourth-order valence-electron chi connectivity index (χ4n) is 3.93. The van der Waals surface area contributed by atoms with Gasteiger partial charge in [0.15, 0.2) is 11.5 Å². The average molecular weight is 438 g/mol. The standard InChI is InChI=1S/C22H27N7O3/c1-14-18(12-15-6-9-28(2)27-15)20(21(23)30)25-26-22(14)29-10-7-16(8-11-29)32-17-4-5-19(31-3)24-13-17/h4-6,9,13,16H,7-8,10-12H2,1-3H3,(H2,23,30). The highest BCUT2D eigenvalue weighted by molar-refractivity contribution is 5.93. The van der Waals surface area contributed by atoms with Gasteiger partial charge >= 0.3 is 0 Å². The van der Waals surface area contributed by atoms with Gasteiger partial charge in [0.05, 0.1) is 19.0 Å². The number of piperidine rings is 1. The summed E-state index contributed by atoms with van der Waals surface area (Å²) in [5, 5.41) is 12.9. The molecule has 1 aliphatic rings. The molecule has 0 spiro atoms. The van der Waals surface area contributed by atoms with E-state index in [0.717, 1.165) is 54.3 Å². The molecule has 1 saturated heterocycles. The highest BCUT2D eigenvalue weighted by Gasteiger charge is 2.26. The zero-order valence-corrected chi connectivity index (χ0v) is 18.5. The van der Waals surface area contributed by atoms with Crippen LogP contribution >= 0.6 is 0 Å². The molecule has 2 N–H and O–H groups in total. The largest absolute Gasteiger partial charge is 0.489 e. The summed E-state index contributed by atoms with van der Waals surface area (Å²) in [6.45, 7) is 3.49. The summed E-state index contributed by atoms with van der Waals surface area (Å²) in [6, 6.07) is 5.56. The number of carbonyl (C=O) groups is 1. The molecule has 168 valence electrons. The molecule has 1 amide bonds. The molecule has 0 aliphatic carbocycles. The molecule has 4 rings (SSSR count). The zero-order chi connectivity index (χ0) is 22.7. The molecule has 0 radical (unpaired) electrons. The fourth-order valence-corrected chi connectivity index (χ4v) is 3.93. The van der Waals surface area contributed by atoms with Gasteiger partial charge in [-0.25, -0.2) is 4.98 Å². The maximum atomic E-state index is 12.0. The number of hydrogen-bond donors (Lipinski definition) is 1. The Labute approximate surface area is 186 Å². The van der Waals surface area contributed by atoms with E-state index in [0.29, 0.717) is 12.3 Å². The second-order valence-corrected chi connectivity index (χ2v) is 7.84. The van der Waals surface area contributed by atoms with Gasteiger partial charge in [0.25, 0.3) is 5.91 Å². The Hall–Kier alpha value is -3.69. The number of carbonyl (C=O) groups excluding carboxylic acids is 1. The predicted molar refractivity (Wildman–Crippen MR) is 118 cm³/mol. The van der Waals surface area contributed by atoms with Crippen LogP contribution in [0.4, 0.5) is 5.82 Å². The molecule has 10 nitrogen and oxygen atoms in total. The van der Waals surface area contributed by atoms with Crippen LogP contribution in [-0.4, -0.2) is 57.2 Å². The van der Waals surface area contributed by atoms with Crippen LogP contribution in [0.1, 0.15) is 40.2 Å². The minimum atomic E-state index is -0.585. The number of nitrogens with zero attached hydrogens (tertiary/aromatic N) is 6. The number of pyridine rings is 1. The number of anilines is 1. The fraction of sp³-hybridized carbons (Fsp3) is 0.409. The van der Waals surface area contributed by atoms with Crippen LogP contribution in [0.5, 0.6) is 11.6 Å². The number of ether oxygens (including phenoxy) is 2. The Balaban J connectivity index is 1.47. The van der Waals surface area contributed by atoms with E-state index in [1.54, 1.807) is 24.1 Å². The van der Waals surface area contributed by atoms with E-state index in [2.05, 4.69) is 25.2 Å². The number of amides is 1. The summed E-state index contributed by atoms with van der Waals surface area (Å²) in [5.74, 6) is 1.47. The summed E-state index contributed by atoms with van der Waals surface area (Å²) >= 11 is 0. The Morgan fingerprint density at radius 2 is 2.00 bits per heavy atom. The Kier molecular flexibility index (Phi) is 6.20. The minimum Gasteiger partial charge on any atom is -0.489 e. The van der Waals surface area contributed by atoms with E-state index < -0.39 is 5.91 Å². The van der Waals surface area contributed by atoms with Crippen molar-refractivity contribution in [1.29, 1.82) is 0 Å². The second-order valence-electron chi connectivity index (χ2n) is 7.84. The zero-order valence-electron chi connectivity index (χ0n) is 18.5. The number of hydrogen-bond acceptors (Lipinski definition) is 8. The van der Waals surface area contributed by atoms with Crippen molar-refractivity contribution in [2.45, 2.75) is 32.3 Å². The molecule has 0 atom stereocenters. The normalized spacial score (nSPS) is 14.4. The van der Waals surface area contributed by atoms with Crippen LogP contribution in [0, 0.1) is 6.92 Å². The van der Waals surface area contributed by atoms with Crippen molar-refractivity contribution >= 4 is 11.7 Å². The van der Waals surface area contributed by atoms with E-state index in [4.69, 9.17) is 15.2 Å². The molecule has 4 heterocycles. The third kappa shape index (κ3) is 4.63. The molecule has 1 fully saturated rings. The van der Waals surface area contributed by atoms with Gasteiger partial charge in [0, 0.05) is 51.7 Å². The molecule has 10 heteroatoms. The average Bonchev–Trinajstić information content (AvgIpc) is 3.21. The van der Waals surface area contributed by atoms with Crippen molar-refractivity contribution in [3.8, 4) is 11.6 Å². The van der Waals surface area contributed by atoms with Crippen molar-refractivity contribution in [2.75, 3.05) is 25.1 Å². The van der Waals surface area contributed by atoms with Gasteiger partial charge in [-0.15, -0.1) is 10.2 Å². The second kappa shape index (κ2) is 9.21. The number of methoxy groups -OCH3 is 1. The van der Waals surface area contributed by atoms with Crippen molar-refractivity contribution in [1.82, 2.24) is 25.0 Å². The summed E-state index contributed by atoms with van der Waals surface area (Å²) in [7, 11) is 3.44. The number of aryl methyl sites for hydroxylation is 1. The SMILES string of the molecule is COc1ccc(OC2CCN(c3nnc(C(N)=O)c(Cc4ccn(C)n4)c3C)CC2)cn1. The van der Waals surface area contributed by atoms with Gasteiger partial charge in [0.2, 0.25) is 5.88 Å². The Bertz CT molecular complexity index is 1090. The summed E-state index contributed by atoms with van der Waals surface area (Å²) in [5.41, 5.74) is 8.28. The van der Waals surface area contributed by atoms with Gasteiger partial charge in [-0.2, -0.15) is 5.10 Å². The molecule has 0 bridgehead atoms. The molecular formula is C22H27N7O3. The van der Waals surface area contributed by atoms with Crippen molar-refractivity contribution in [3.05, 3.63) is 53.1 Å². The molecule has 0 saturated carbocycles. The molecule has 3 aromatic heterocycles. The van der Waals surface area contributed by atoms with Crippen molar-refractivity contribution in [3.63, 3.8) is 0 Å². The van der Waals surface area contributed by atoms with Gasteiger partial charge in [-0.3, -0.25) is 9.48 Å². The van der Waals surface area contributed by atoms with Crippen LogP contribution in [0.25, 0.3) is 0 Å². The third-order valence-electron chi connectivity index (χ3n) is 5.64. The minimum absolute atomic E-state index is 0.0904. The number of nitrogens with two attached hydrogens (primary N) is 1. The molecule has 0 unspecified atom stereocenters. The third-order valence-corrected chi connectivity index (χ3v) is 5.64. The highest BCUT2D eigenvalue weighted by Crippen LogP contribution is 2.28. The lowest BCUT2D eigenvalue weighted by Gasteiger charge is -2.33. The Morgan fingerprint density at radius 1 is 1.22 bits per heavy atom. The van der Waals surface area contributed by atoms with E-state index in [1.807, 2.05) is 32.3 Å². The monoisotopic (exact) mass is 437 g/mol. The van der Waals surface area contributed by atoms with Gasteiger partial charge in [0.1, 0.15) is 11.9 Å². The molecular weight excluding hydrogens is 410 g/mol. The van der Waals surface area contributed by atoms with E-state index >= 15 is 0 Å². The quantitative estimate of drug-likeness (QED) is 0.592. The lowest BCUT2D eigenvalue weighted by Crippen LogP contribution is -2.39. The van der Waals surface area contributed by atoms with Gasteiger partial charge in [-0.1, -0.05) is 0 Å². The van der Waals surface area contributed by atoms with Crippen LogP contribution < -0.4 is 20.1 Å². The molecule has 3 aromatic rings. The first-order valence-corrected chi connectivity index (χ1v) is 10.5. The number of rotatable bonds is 7. The van der Waals surface area contributed by atoms with Crippen LogP contribution in [0.2, 0.25) is 0 Å². The van der Waals surface area contributed by atoms with Crippen molar-refractivity contribution < 1.29 is 14.3 Å². The van der Waals surface area contributed by atoms with E-state index in [9.17, 15) is 4.79 Å². The van der Waals surface area contributed by atoms with Gasteiger partial charge < -0.3 is 20.1 Å². The summed E-state index contributed by atoms with van der Waals surface area (Å²) < 4.78 is 12.9. The van der Waals surface area contributed by atoms with E-state index in [1.165, 1.54) is 0 Å². The summed E-state index contributed by atoms with van der Waals surface area (Å²) in [4.78, 5) is 18.3. The molecule has 32 heavy (non-hydrogen) atoms. The topological polar surface area (TPSA) is 121 Å².